The summed E-state index contributed by atoms with van der Waals surface area (Å²) in [4.78, 5) is 25.5. The van der Waals surface area contributed by atoms with Crippen molar-refractivity contribution in [3.8, 4) is 0 Å². The van der Waals surface area contributed by atoms with E-state index in [-0.39, 0.29) is 11.9 Å². The van der Waals surface area contributed by atoms with Crippen LogP contribution in [0, 0.1) is 5.92 Å². The second-order valence-electron chi connectivity index (χ2n) is 8.12. The Balaban J connectivity index is 1.17. The number of hydrazine groups is 1. The molecule has 3 fully saturated rings. The van der Waals surface area contributed by atoms with Gasteiger partial charge in [0.1, 0.15) is 11.9 Å². The average molecular weight is 368 g/mol. The minimum absolute atomic E-state index is 0.0442. The van der Waals surface area contributed by atoms with Crippen molar-refractivity contribution < 1.29 is 4.79 Å². The third-order valence-corrected chi connectivity index (χ3v) is 6.43. The van der Waals surface area contributed by atoms with E-state index in [0.717, 1.165) is 56.0 Å². The van der Waals surface area contributed by atoms with Crippen molar-refractivity contribution in [2.75, 3.05) is 26.2 Å². The molecule has 3 aliphatic rings. The molecule has 7 nitrogen and oxygen atoms in total. The maximum atomic E-state index is 13.0. The van der Waals surface area contributed by atoms with Gasteiger partial charge in [-0.05, 0) is 25.0 Å². The van der Waals surface area contributed by atoms with Crippen molar-refractivity contribution in [2.24, 2.45) is 5.92 Å². The maximum absolute atomic E-state index is 13.0. The van der Waals surface area contributed by atoms with Gasteiger partial charge in [-0.3, -0.25) is 15.1 Å². The Morgan fingerprint density at radius 2 is 1.89 bits per heavy atom. The number of hydrogen-bond acceptors (Lipinski definition) is 5. The summed E-state index contributed by atoms with van der Waals surface area (Å²) in [6.45, 7) is 4.21. The zero-order valence-corrected chi connectivity index (χ0v) is 15.7. The van der Waals surface area contributed by atoms with Crippen molar-refractivity contribution in [3.05, 3.63) is 30.1 Å². The molecule has 3 unspecified atom stereocenters. The van der Waals surface area contributed by atoms with Gasteiger partial charge in [-0.2, -0.15) is 0 Å². The molecule has 2 saturated heterocycles. The topological polar surface area (TPSA) is 76.3 Å². The van der Waals surface area contributed by atoms with Crippen LogP contribution < -0.4 is 10.9 Å². The van der Waals surface area contributed by atoms with Crippen LogP contribution >= 0.6 is 0 Å². The SMILES string of the molecule is O=C(C1NNC2CCCCC21)N1CCN(Cc2nc3ccccc3[nH]2)CC1. The molecule has 1 aromatic heterocycles. The Hall–Kier alpha value is -1.96. The number of para-hydroxylation sites is 2. The molecule has 0 bridgehead atoms. The number of hydrogen-bond donors (Lipinski definition) is 3. The number of nitrogens with one attached hydrogen (secondary N) is 3. The first-order valence-electron chi connectivity index (χ1n) is 10.2. The number of fused-ring (bicyclic) bond motifs is 2. The van der Waals surface area contributed by atoms with Crippen LogP contribution in [0.5, 0.6) is 0 Å². The van der Waals surface area contributed by atoms with Crippen LogP contribution in [0.4, 0.5) is 0 Å². The number of aromatic nitrogens is 2. The number of aromatic amines is 1. The summed E-state index contributed by atoms with van der Waals surface area (Å²) in [6, 6.07) is 8.56. The van der Waals surface area contributed by atoms with Crippen molar-refractivity contribution in [2.45, 2.75) is 44.3 Å². The van der Waals surface area contributed by atoms with Gasteiger partial charge in [-0.15, -0.1) is 0 Å². The zero-order chi connectivity index (χ0) is 18.2. The molecule has 3 heterocycles. The molecule has 3 N–H and O–H groups in total. The number of amides is 1. The fourth-order valence-corrected chi connectivity index (χ4v) is 4.90. The van der Waals surface area contributed by atoms with Crippen LogP contribution in [0.2, 0.25) is 0 Å². The van der Waals surface area contributed by atoms with E-state index in [9.17, 15) is 4.79 Å². The Kier molecular flexibility index (Phi) is 4.59. The first kappa shape index (κ1) is 17.2. The van der Waals surface area contributed by atoms with Crippen molar-refractivity contribution >= 4 is 16.9 Å². The molecule has 2 aliphatic heterocycles. The Labute approximate surface area is 159 Å². The number of piperazine rings is 1. The highest BCUT2D eigenvalue weighted by Gasteiger charge is 2.42. The normalized spacial score (nSPS) is 29.2. The third kappa shape index (κ3) is 3.35. The summed E-state index contributed by atoms with van der Waals surface area (Å²) >= 11 is 0. The van der Waals surface area contributed by atoms with Crippen LogP contribution in [0.3, 0.4) is 0 Å². The van der Waals surface area contributed by atoms with Gasteiger partial charge in [-0.1, -0.05) is 25.0 Å². The van der Waals surface area contributed by atoms with E-state index < -0.39 is 0 Å². The molecule has 27 heavy (non-hydrogen) atoms. The third-order valence-electron chi connectivity index (χ3n) is 6.43. The lowest BCUT2D eigenvalue weighted by Gasteiger charge is -2.36. The fraction of sp³-hybridized carbons (Fsp3) is 0.600. The predicted molar refractivity (Wildman–Crippen MR) is 104 cm³/mol. The monoisotopic (exact) mass is 368 g/mol. The first-order chi connectivity index (χ1) is 13.3. The summed E-state index contributed by atoms with van der Waals surface area (Å²) in [5.41, 5.74) is 8.76. The average Bonchev–Trinajstić information content (AvgIpc) is 3.31. The molecule has 1 amide bonds. The standard InChI is InChI=1S/C20H28N6O/c27-20(19-14-5-1-2-6-15(14)23-24-19)26-11-9-25(10-12-26)13-18-21-16-7-3-4-8-17(16)22-18/h3-4,7-8,14-15,19,23-24H,1-2,5-6,9-13H2,(H,21,22). The second kappa shape index (κ2) is 7.22. The lowest BCUT2D eigenvalue weighted by atomic mass is 9.81. The molecular formula is C20H28N6O. The molecule has 7 heteroatoms. The Bertz CT molecular complexity index is 779. The van der Waals surface area contributed by atoms with Gasteiger partial charge in [-0.25, -0.2) is 10.4 Å². The molecule has 0 spiro atoms. The van der Waals surface area contributed by atoms with E-state index in [0.29, 0.717) is 12.0 Å². The van der Waals surface area contributed by atoms with Crippen molar-refractivity contribution in [1.82, 2.24) is 30.6 Å². The summed E-state index contributed by atoms with van der Waals surface area (Å²) in [6.07, 6.45) is 4.87. The number of nitrogens with zero attached hydrogens (tertiary/aromatic N) is 3. The molecule has 1 aliphatic carbocycles. The molecule has 1 aromatic carbocycles. The zero-order valence-electron chi connectivity index (χ0n) is 15.7. The van der Waals surface area contributed by atoms with E-state index in [1.54, 1.807) is 0 Å². The first-order valence-corrected chi connectivity index (χ1v) is 10.2. The number of carbonyl (C=O) groups excluding carboxylic acids is 1. The van der Waals surface area contributed by atoms with Gasteiger partial charge in [0.25, 0.3) is 0 Å². The van der Waals surface area contributed by atoms with Gasteiger partial charge in [0.2, 0.25) is 5.91 Å². The number of H-pyrrole nitrogens is 1. The van der Waals surface area contributed by atoms with E-state index >= 15 is 0 Å². The number of benzene rings is 1. The number of carbonyl (C=O) groups is 1. The van der Waals surface area contributed by atoms with Crippen LogP contribution in [0.25, 0.3) is 11.0 Å². The minimum Gasteiger partial charge on any atom is -0.341 e. The molecule has 1 saturated carbocycles. The predicted octanol–water partition coefficient (Wildman–Crippen LogP) is 1.24. The van der Waals surface area contributed by atoms with Crippen LogP contribution in [0.1, 0.15) is 31.5 Å². The highest BCUT2D eigenvalue weighted by Crippen LogP contribution is 2.31. The van der Waals surface area contributed by atoms with Crippen molar-refractivity contribution in [1.29, 1.82) is 0 Å². The molecule has 2 aromatic rings. The van der Waals surface area contributed by atoms with Gasteiger partial charge in [0, 0.05) is 38.1 Å². The summed E-state index contributed by atoms with van der Waals surface area (Å²) < 4.78 is 0. The lowest BCUT2D eigenvalue weighted by Crippen LogP contribution is -2.54. The van der Waals surface area contributed by atoms with Crippen LogP contribution in [-0.4, -0.2) is 63.9 Å². The largest absolute Gasteiger partial charge is 0.341 e. The quantitative estimate of drug-likeness (QED) is 0.760. The molecule has 0 radical (unpaired) electrons. The summed E-state index contributed by atoms with van der Waals surface area (Å²) in [5.74, 6) is 1.74. The fourth-order valence-electron chi connectivity index (χ4n) is 4.90. The second-order valence-corrected chi connectivity index (χ2v) is 8.12. The highest BCUT2D eigenvalue weighted by molar-refractivity contribution is 5.82. The van der Waals surface area contributed by atoms with Gasteiger partial charge < -0.3 is 9.88 Å². The smallest absolute Gasteiger partial charge is 0.241 e. The Morgan fingerprint density at radius 1 is 1.07 bits per heavy atom. The van der Waals surface area contributed by atoms with Crippen LogP contribution in [-0.2, 0) is 11.3 Å². The Morgan fingerprint density at radius 3 is 2.74 bits per heavy atom. The molecule has 144 valence electrons. The molecular weight excluding hydrogens is 340 g/mol. The highest BCUT2D eigenvalue weighted by atomic mass is 16.2. The number of rotatable bonds is 3. The summed E-state index contributed by atoms with van der Waals surface area (Å²) in [5, 5.41) is 0. The number of imidazole rings is 1. The van der Waals surface area contributed by atoms with E-state index in [4.69, 9.17) is 0 Å². The maximum Gasteiger partial charge on any atom is 0.241 e. The summed E-state index contributed by atoms with van der Waals surface area (Å²) in [7, 11) is 0. The van der Waals surface area contributed by atoms with Gasteiger partial charge in [0.05, 0.1) is 17.6 Å². The van der Waals surface area contributed by atoms with Crippen molar-refractivity contribution in [3.63, 3.8) is 0 Å². The lowest BCUT2D eigenvalue weighted by molar-refractivity contribution is -0.136. The van der Waals surface area contributed by atoms with E-state index in [1.165, 1.54) is 19.3 Å². The molecule has 3 atom stereocenters. The van der Waals surface area contributed by atoms with Gasteiger partial charge >= 0.3 is 0 Å². The van der Waals surface area contributed by atoms with Crippen LogP contribution in [0.15, 0.2) is 24.3 Å². The van der Waals surface area contributed by atoms with E-state index in [2.05, 4.69) is 31.8 Å². The van der Waals surface area contributed by atoms with Gasteiger partial charge in [0.15, 0.2) is 0 Å². The molecule has 5 rings (SSSR count). The van der Waals surface area contributed by atoms with E-state index in [1.807, 2.05) is 23.1 Å². The minimum atomic E-state index is -0.0442.